The molecule has 10 nitrogen and oxygen atoms in total. The summed E-state index contributed by atoms with van der Waals surface area (Å²) in [6.45, 7) is 3.48. The van der Waals surface area contributed by atoms with Crippen molar-refractivity contribution in [1.29, 1.82) is 0 Å². The second kappa shape index (κ2) is 10.9. The number of nitrogens with zero attached hydrogens (tertiary/aromatic N) is 6. The summed E-state index contributed by atoms with van der Waals surface area (Å²) in [5.74, 6) is -2.04. The predicted octanol–water partition coefficient (Wildman–Crippen LogP) is 4.42. The van der Waals surface area contributed by atoms with E-state index in [2.05, 4.69) is 15.4 Å². The van der Waals surface area contributed by atoms with Crippen LogP contribution in [0.3, 0.4) is 0 Å². The lowest BCUT2D eigenvalue weighted by molar-refractivity contribution is 0.0560. The SMILES string of the molecule is CCOC[C@@H]1CCCN1C(=O)c1cccc(-c2cccc(-n3ncc(C(=O)O)c3C3C[C@H]3c3cn(C)nn3)c2)c1F. The smallest absolute Gasteiger partial charge is 0.339 e. The molecule has 1 aliphatic carbocycles. The minimum atomic E-state index is -1.06. The number of carbonyl (C=O) groups is 2. The lowest BCUT2D eigenvalue weighted by Gasteiger charge is -2.25. The molecule has 3 heterocycles. The first kappa shape index (κ1) is 26.8. The van der Waals surface area contributed by atoms with Gasteiger partial charge in [-0.2, -0.15) is 5.10 Å². The zero-order chi connectivity index (χ0) is 28.7. The molecule has 11 heteroatoms. The van der Waals surface area contributed by atoms with E-state index in [0.717, 1.165) is 25.0 Å². The highest BCUT2D eigenvalue weighted by atomic mass is 19.1. The summed E-state index contributed by atoms with van der Waals surface area (Å²) in [6.07, 6.45) is 5.61. The molecule has 0 radical (unpaired) electrons. The number of carboxylic acid groups (broad SMARTS) is 1. The van der Waals surface area contributed by atoms with Crippen LogP contribution in [0.5, 0.6) is 0 Å². The van der Waals surface area contributed by atoms with Crippen LogP contribution in [0, 0.1) is 5.82 Å². The van der Waals surface area contributed by atoms with E-state index < -0.39 is 11.8 Å². The number of aryl methyl sites for hydroxylation is 1. The number of halogens is 1. The molecule has 1 saturated heterocycles. The summed E-state index contributed by atoms with van der Waals surface area (Å²) in [5.41, 5.74) is 2.97. The van der Waals surface area contributed by atoms with Crippen molar-refractivity contribution in [3.63, 3.8) is 0 Å². The van der Waals surface area contributed by atoms with Crippen LogP contribution in [0.1, 0.15) is 70.1 Å². The van der Waals surface area contributed by atoms with Gasteiger partial charge >= 0.3 is 5.97 Å². The first-order valence-electron chi connectivity index (χ1n) is 13.8. The molecule has 212 valence electrons. The highest BCUT2D eigenvalue weighted by Crippen LogP contribution is 2.55. The van der Waals surface area contributed by atoms with Crippen LogP contribution in [0.15, 0.2) is 54.9 Å². The Bertz CT molecular complexity index is 1610. The topological polar surface area (TPSA) is 115 Å². The number of benzene rings is 2. The van der Waals surface area contributed by atoms with Crippen molar-refractivity contribution in [2.24, 2.45) is 7.05 Å². The molecule has 1 N–H and O–H groups in total. The van der Waals surface area contributed by atoms with Gasteiger partial charge in [-0.3, -0.25) is 9.48 Å². The van der Waals surface area contributed by atoms with E-state index in [1.54, 1.807) is 57.7 Å². The average molecular weight is 559 g/mol. The molecule has 1 unspecified atom stereocenters. The lowest BCUT2D eigenvalue weighted by atomic mass is 10.0. The van der Waals surface area contributed by atoms with Crippen molar-refractivity contribution >= 4 is 11.9 Å². The monoisotopic (exact) mass is 558 g/mol. The van der Waals surface area contributed by atoms with Crippen molar-refractivity contribution in [3.8, 4) is 16.8 Å². The molecule has 4 aromatic rings. The van der Waals surface area contributed by atoms with E-state index in [-0.39, 0.29) is 40.5 Å². The number of likely N-dealkylation sites (tertiary alicyclic amines) is 1. The molecule has 1 saturated carbocycles. The molecule has 41 heavy (non-hydrogen) atoms. The third-order valence-corrected chi connectivity index (χ3v) is 7.96. The minimum Gasteiger partial charge on any atom is -0.478 e. The highest BCUT2D eigenvalue weighted by molar-refractivity contribution is 5.96. The van der Waals surface area contributed by atoms with Gasteiger partial charge in [-0.1, -0.05) is 29.5 Å². The number of aromatic nitrogens is 5. The van der Waals surface area contributed by atoms with Gasteiger partial charge in [-0.25, -0.2) is 13.9 Å². The van der Waals surface area contributed by atoms with Crippen molar-refractivity contribution < 1.29 is 23.8 Å². The molecular weight excluding hydrogens is 527 g/mol. The van der Waals surface area contributed by atoms with Gasteiger partial charge < -0.3 is 14.7 Å². The second-order valence-electron chi connectivity index (χ2n) is 10.6. The molecule has 2 aliphatic rings. The van der Waals surface area contributed by atoms with Gasteiger partial charge in [0.25, 0.3) is 5.91 Å². The van der Waals surface area contributed by atoms with Crippen molar-refractivity contribution in [2.45, 2.75) is 44.1 Å². The van der Waals surface area contributed by atoms with E-state index >= 15 is 4.39 Å². The largest absolute Gasteiger partial charge is 0.478 e. The Balaban J connectivity index is 1.32. The molecule has 1 amide bonds. The number of amides is 1. The Kier molecular flexibility index (Phi) is 7.12. The Labute approximate surface area is 236 Å². The normalized spacial score (nSPS) is 20.0. The van der Waals surface area contributed by atoms with Gasteiger partial charge in [0, 0.05) is 43.8 Å². The number of ether oxygens (including phenoxy) is 1. The minimum absolute atomic E-state index is 0.0223. The van der Waals surface area contributed by atoms with Crippen molar-refractivity contribution in [3.05, 3.63) is 83.2 Å². The summed E-state index contributed by atoms with van der Waals surface area (Å²) in [5, 5.41) is 22.5. The summed E-state index contributed by atoms with van der Waals surface area (Å²) in [6, 6.07) is 11.9. The molecule has 6 rings (SSSR count). The van der Waals surface area contributed by atoms with Gasteiger partial charge in [-0.15, -0.1) is 5.10 Å². The number of carboxylic acids is 1. The fraction of sp³-hybridized carbons (Fsp3) is 0.367. The van der Waals surface area contributed by atoms with Gasteiger partial charge in [-0.05, 0) is 49.9 Å². The third kappa shape index (κ3) is 5.01. The molecule has 2 aromatic carbocycles. The van der Waals surface area contributed by atoms with Crippen LogP contribution < -0.4 is 0 Å². The molecule has 1 aliphatic heterocycles. The molecule has 2 aromatic heterocycles. The number of aromatic carboxylic acids is 1. The van der Waals surface area contributed by atoms with E-state index in [1.165, 1.54) is 12.3 Å². The Hall–Kier alpha value is -4.38. The standard InChI is InChI=1S/C30H31FN6O4/c1-3-41-17-20-9-6-12-36(20)29(38)22-11-5-10-21(27(22)31)18-7-4-8-19(13-18)37-28(25(15-32-37)30(39)40)24-14-23(24)26-16-35(2)34-33-26/h4-5,7-8,10-11,13,15-16,20,23-24H,3,6,9,12,14,17H2,1-2H3,(H,39,40)/t20-,23+,24?/m0/s1. The first-order valence-corrected chi connectivity index (χ1v) is 13.8. The van der Waals surface area contributed by atoms with Gasteiger partial charge in [0.1, 0.15) is 11.4 Å². The number of rotatable bonds is 9. The summed E-state index contributed by atoms with van der Waals surface area (Å²) >= 11 is 0. The fourth-order valence-electron chi connectivity index (χ4n) is 5.85. The van der Waals surface area contributed by atoms with Crippen molar-refractivity contribution in [2.75, 3.05) is 19.8 Å². The maximum absolute atomic E-state index is 16.0. The summed E-state index contributed by atoms with van der Waals surface area (Å²) in [4.78, 5) is 27.2. The molecule has 0 bridgehead atoms. The van der Waals surface area contributed by atoms with Crippen LogP contribution in [0.25, 0.3) is 16.8 Å². The van der Waals surface area contributed by atoms with E-state index in [1.807, 2.05) is 13.1 Å². The van der Waals surface area contributed by atoms with Crippen LogP contribution in [0.4, 0.5) is 4.39 Å². The first-order chi connectivity index (χ1) is 19.9. The Morgan fingerprint density at radius 3 is 2.73 bits per heavy atom. The van der Waals surface area contributed by atoms with Crippen LogP contribution in [-0.4, -0.2) is 72.5 Å². The zero-order valence-electron chi connectivity index (χ0n) is 22.9. The van der Waals surface area contributed by atoms with E-state index in [0.29, 0.717) is 36.7 Å². The Morgan fingerprint density at radius 2 is 1.98 bits per heavy atom. The zero-order valence-corrected chi connectivity index (χ0v) is 22.9. The second-order valence-corrected chi connectivity index (χ2v) is 10.6. The molecule has 0 spiro atoms. The van der Waals surface area contributed by atoms with E-state index in [9.17, 15) is 14.7 Å². The Morgan fingerprint density at radius 1 is 1.15 bits per heavy atom. The maximum Gasteiger partial charge on any atom is 0.339 e. The number of carbonyl (C=O) groups excluding carboxylic acids is 1. The van der Waals surface area contributed by atoms with E-state index in [4.69, 9.17) is 4.74 Å². The fourth-order valence-corrected chi connectivity index (χ4v) is 5.85. The molecule has 3 atom stereocenters. The molecular formula is C30H31FN6O4. The predicted molar refractivity (Wildman–Crippen MR) is 148 cm³/mol. The number of hydrogen-bond acceptors (Lipinski definition) is 6. The van der Waals surface area contributed by atoms with Gasteiger partial charge in [0.05, 0.1) is 41.5 Å². The highest BCUT2D eigenvalue weighted by Gasteiger charge is 2.46. The summed E-state index contributed by atoms with van der Waals surface area (Å²) in [7, 11) is 1.79. The van der Waals surface area contributed by atoms with Gasteiger partial charge in [0.2, 0.25) is 0 Å². The van der Waals surface area contributed by atoms with Crippen LogP contribution in [-0.2, 0) is 11.8 Å². The molecule has 2 fully saturated rings. The van der Waals surface area contributed by atoms with Crippen LogP contribution >= 0.6 is 0 Å². The van der Waals surface area contributed by atoms with Gasteiger partial charge in [0.15, 0.2) is 0 Å². The lowest BCUT2D eigenvalue weighted by Crippen LogP contribution is -2.38. The van der Waals surface area contributed by atoms with Crippen LogP contribution in [0.2, 0.25) is 0 Å². The summed E-state index contributed by atoms with van der Waals surface area (Å²) < 4.78 is 24.7. The quantitative estimate of drug-likeness (QED) is 0.323. The average Bonchev–Trinajstić information content (AvgIpc) is 3.30. The number of hydrogen-bond donors (Lipinski definition) is 1. The van der Waals surface area contributed by atoms with Crippen molar-refractivity contribution in [1.82, 2.24) is 29.7 Å². The third-order valence-electron chi connectivity index (χ3n) is 7.96. The maximum atomic E-state index is 16.0.